The van der Waals surface area contributed by atoms with Crippen molar-refractivity contribution >= 4 is 40.0 Å². The SMILES string of the molecule is O=C(CCl)c1cc(I)ccc1F. The summed E-state index contributed by atoms with van der Waals surface area (Å²) in [4.78, 5) is 11.0. The zero-order chi connectivity index (χ0) is 9.14. The molecule has 0 aliphatic carbocycles. The van der Waals surface area contributed by atoms with Crippen molar-refractivity contribution in [1.29, 1.82) is 0 Å². The highest BCUT2D eigenvalue weighted by Crippen LogP contribution is 2.13. The largest absolute Gasteiger partial charge is 0.293 e. The number of hydrogen-bond donors (Lipinski definition) is 0. The first-order valence-corrected chi connectivity index (χ1v) is 4.80. The van der Waals surface area contributed by atoms with Crippen LogP contribution in [0.25, 0.3) is 0 Å². The van der Waals surface area contributed by atoms with E-state index in [0.717, 1.165) is 3.57 Å². The number of carbonyl (C=O) groups excluding carboxylic acids is 1. The molecule has 0 unspecified atom stereocenters. The topological polar surface area (TPSA) is 17.1 Å². The molecule has 0 spiro atoms. The molecule has 0 saturated carbocycles. The van der Waals surface area contributed by atoms with Crippen molar-refractivity contribution in [2.24, 2.45) is 0 Å². The number of ketones is 1. The second kappa shape index (κ2) is 4.18. The van der Waals surface area contributed by atoms with Gasteiger partial charge in [0.25, 0.3) is 0 Å². The Morgan fingerprint density at radius 2 is 2.25 bits per heavy atom. The number of rotatable bonds is 2. The van der Waals surface area contributed by atoms with Gasteiger partial charge in [0.2, 0.25) is 0 Å². The summed E-state index contributed by atoms with van der Waals surface area (Å²) >= 11 is 7.30. The molecule has 0 atom stereocenters. The van der Waals surface area contributed by atoms with Crippen molar-refractivity contribution in [3.63, 3.8) is 0 Å². The maximum atomic E-state index is 12.9. The van der Waals surface area contributed by atoms with Crippen LogP contribution in [0, 0.1) is 9.39 Å². The smallest absolute Gasteiger partial charge is 0.180 e. The molecule has 0 N–H and O–H groups in total. The van der Waals surface area contributed by atoms with E-state index in [1.807, 2.05) is 22.6 Å². The van der Waals surface area contributed by atoms with Crippen molar-refractivity contribution in [2.45, 2.75) is 0 Å². The quantitative estimate of drug-likeness (QED) is 0.466. The molecule has 64 valence electrons. The van der Waals surface area contributed by atoms with Gasteiger partial charge in [-0.25, -0.2) is 4.39 Å². The van der Waals surface area contributed by atoms with Gasteiger partial charge in [-0.15, -0.1) is 11.6 Å². The van der Waals surface area contributed by atoms with Gasteiger partial charge in [0, 0.05) is 3.57 Å². The Kier molecular flexibility index (Phi) is 3.46. The Labute approximate surface area is 88.1 Å². The molecule has 0 radical (unpaired) electrons. The lowest BCUT2D eigenvalue weighted by atomic mass is 10.1. The molecule has 0 bridgehead atoms. The molecule has 0 aliphatic rings. The summed E-state index contributed by atoms with van der Waals surface area (Å²) in [6.45, 7) is 0. The summed E-state index contributed by atoms with van der Waals surface area (Å²) < 4.78 is 13.7. The first kappa shape index (κ1) is 9.92. The summed E-state index contributed by atoms with van der Waals surface area (Å²) in [5.41, 5.74) is 0.0666. The minimum Gasteiger partial charge on any atom is -0.293 e. The molecular formula is C8H5ClFIO. The van der Waals surface area contributed by atoms with Gasteiger partial charge in [-0.3, -0.25) is 4.79 Å². The van der Waals surface area contributed by atoms with Gasteiger partial charge in [0.15, 0.2) is 5.78 Å². The van der Waals surface area contributed by atoms with Crippen molar-refractivity contribution < 1.29 is 9.18 Å². The number of hydrogen-bond acceptors (Lipinski definition) is 1. The number of benzene rings is 1. The van der Waals surface area contributed by atoms with Crippen LogP contribution in [0.15, 0.2) is 18.2 Å². The molecule has 12 heavy (non-hydrogen) atoms. The van der Waals surface area contributed by atoms with Gasteiger partial charge in [0.1, 0.15) is 5.82 Å². The van der Waals surface area contributed by atoms with E-state index in [4.69, 9.17) is 11.6 Å². The van der Waals surface area contributed by atoms with Gasteiger partial charge in [-0.2, -0.15) is 0 Å². The van der Waals surface area contributed by atoms with Crippen molar-refractivity contribution in [2.75, 3.05) is 5.88 Å². The predicted octanol–water partition coefficient (Wildman–Crippen LogP) is 2.85. The lowest BCUT2D eigenvalue weighted by Crippen LogP contribution is -2.03. The molecule has 0 amide bonds. The third kappa shape index (κ3) is 2.17. The molecule has 1 aromatic carbocycles. The fourth-order valence-corrected chi connectivity index (χ4v) is 1.42. The van der Waals surface area contributed by atoms with E-state index in [0.29, 0.717) is 0 Å². The van der Waals surface area contributed by atoms with Crippen molar-refractivity contribution in [3.05, 3.63) is 33.1 Å². The Morgan fingerprint density at radius 3 is 2.83 bits per heavy atom. The molecule has 1 nitrogen and oxygen atoms in total. The van der Waals surface area contributed by atoms with E-state index in [1.165, 1.54) is 12.1 Å². The normalized spacial score (nSPS) is 9.92. The average molecular weight is 298 g/mol. The second-order valence-electron chi connectivity index (χ2n) is 2.18. The fraction of sp³-hybridized carbons (Fsp3) is 0.125. The van der Waals surface area contributed by atoms with Crippen LogP contribution in [-0.2, 0) is 0 Å². The van der Waals surface area contributed by atoms with Crippen LogP contribution in [-0.4, -0.2) is 11.7 Å². The molecule has 0 aliphatic heterocycles. The monoisotopic (exact) mass is 298 g/mol. The van der Waals surface area contributed by atoms with Crippen LogP contribution in [0.3, 0.4) is 0 Å². The van der Waals surface area contributed by atoms with Gasteiger partial charge in [0.05, 0.1) is 11.4 Å². The molecule has 0 saturated heterocycles. The summed E-state index contributed by atoms with van der Waals surface area (Å²) in [7, 11) is 0. The standard InChI is InChI=1S/C8H5ClFIO/c9-4-8(12)6-3-5(11)1-2-7(6)10/h1-3H,4H2. The van der Waals surface area contributed by atoms with Gasteiger partial charge in [-0.05, 0) is 40.8 Å². The van der Waals surface area contributed by atoms with E-state index in [9.17, 15) is 9.18 Å². The maximum absolute atomic E-state index is 12.9. The highest BCUT2D eigenvalue weighted by molar-refractivity contribution is 14.1. The highest BCUT2D eigenvalue weighted by atomic mass is 127. The lowest BCUT2D eigenvalue weighted by molar-refractivity contribution is 0.101. The van der Waals surface area contributed by atoms with E-state index in [1.54, 1.807) is 6.07 Å². The van der Waals surface area contributed by atoms with E-state index < -0.39 is 5.82 Å². The average Bonchev–Trinajstić information content (AvgIpc) is 2.08. The van der Waals surface area contributed by atoms with E-state index in [-0.39, 0.29) is 17.2 Å². The second-order valence-corrected chi connectivity index (χ2v) is 3.69. The number of halogens is 3. The first-order chi connectivity index (χ1) is 5.65. The van der Waals surface area contributed by atoms with Crippen molar-refractivity contribution in [1.82, 2.24) is 0 Å². The number of carbonyl (C=O) groups is 1. The van der Waals surface area contributed by atoms with Crippen LogP contribution < -0.4 is 0 Å². The van der Waals surface area contributed by atoms with Crippen LogP contribution in [0.1, 0.15) is 10.4 Å². The summed E-state index contributed by atoms with van der Waals surface area (Å²) in [6.07, 6.45) is 0. The van der Waals surface area contributed by atoms with Crippen LogP contribution in [0.4, 0.5) is 4.39 Å². The number of Topliss-reactive ketones (excluding diaryl/α,β-unsaturated/α-hetero) is 1. The minimum absolute atomic E-state index is 0.0666. The number of alkyl halides is 1. The van der Waals surface area contributed by atoms with Crippen LogP contribution in [0.5, 0.6) is 0 Å². The minimum atomic E-state index is -0.513. The highest BCUT2D eigenvalue weighted by Gasteiger charge is 2.09. The third-order valence-corrected chi connectivity index (χ3v) is 2.26. The fourth-order valence-electron chi connectivity index (χ4n) is 0.783. The third-order valence-electron chi connectivity index (χ3n) is 1.35. The molecule has 1 aromatic rings. The van der Waals surface area contributed by atoms with E-state index in [2.05, 4.69) is 0 Å². The van der Waals surface area contributed by atoms with Gasteiger partial charge in [-0.1, -0.05) is 0 Å². The molecule has 0 aromatic heterocycles. The first-order valence-electron chi connectivity index (χ1n) is 3.19. The lowest BCUT2D eigenvalue weighted by Gasteiger charge is -1.99. The molecule has 4 heteroatoms. The Morgan fingerprint density at radius 1 is 1.58 bits per heavy atom. The Balaban J connectivity index is 3.13. The van der Waals surface area contributed by atoms with Crippen molar-refractivity contribution in [3.8, 4) is 0 Å². The zero-order valence-corrected chi connectivity index (χ0v) is 8.89. The van der Waals surface area contributed by atoms with Crippen LogP contribution in [0.2, 0.25) is 0 Å². The molecule has 0 heterocycles. The Hall–Kier alpha value is -0.160. The van der Waals surface area contributed by atoms with Crippen LogP contribution >= 0.6 is 34.2 Å². The Bertz CT molecular complexity index is 314. The molecule has 0 fully saturated rings. The zero-order valence-electron chi connectivity index (χ0n) is 5.98. The summed E-state index contributed by atoms with van der Waals surface area (Å²) in [6, 6.07) is 4.35. The molecular weight excluding hydrogens is 293 g/mol. The maximum Gasteiger partial charge on any atom is 0.180 e. The summed E-state index contributed by atoms with van der Waals surface area (Å²) in [5, 5.41) is 0. The predicted molar refractivity (Wildman–Crippen MR) is 54.2 cm³/mol. The van der Waals surface area contributed by atoms with E-state index >= 15 is 0 Å². The summed E-state index contributed by atoms with van der Waals surface area (Å²) in [5.74, 6) is -1.08. The molecule has 1 rings (SSSR count). The van der Waals surface area contributed by atoms with Gasteiger partial charge >= 0.3 is 0 Å². The van der Waals surface area contributed by atoms with Gasteiger partial charge < -0.3 is 0 Å².